The van der Waals surface area contributed by atoms with Gasteiger partial charge in [-0.25, -0.2) is 4.98 Å². The fraction of sp³-hybridized carbons (Fsp3) is 0.160. The van der Waals surface area contributed by atoms with E-state index < -0.39 is 0 Å². The first-order chi connectivity index (χ1) is 15.4. The van der Waals surface area contributed by atoms with Crippen molar-refractivity contribution in [3.63, 3.8) is 0 Å². The highest BCUT2D eigenvalue weighted by Crippen LogP contribution is 2.33. The Morgan fingerprint density at radius 3 is 2.72 bits per heavy atom. The maximum absolute atomic E-state index is 13.3. The molecule has 5 rings (SSSR count). The summed E-state index contributed by atoms with van der Waals surface area (Å²) < 4.78 is 6.44. The standard InChI is InChI=1S/C25H21ClN4O2/c1-13-8-19(15(3)29-18-6-7-22(26)27-12-18)25-20(9-13)23(31)14(2)24(32-25)16-4-5-17-11-28-30-21(17)10-16/h4-12,15,29H,1-3H3,(H,28,30)/t15-/m1/s1. The molecule has 5 aromatic rings. The van der Waals surface area contributed by atoms with Crippen molar-refractivity contribution < 1.29 is 4.42 Å². The molecule has 0 saturated carbocycles. The van der Waals surface area contributed by atoms with Crippen LogP contribution in [0.1, 0.15) is 29.7 Å². The van der Waals surface area contributed by atoms with E-state index in [2.05, 4.69) is 20.5 Å². The third-order valence-electron chi connectivity index (χ3n) is 5.67. The van der Waals surface area contributed by atoms with Crippen molar-refractivity contribution in [3.8, 4) is 11.3 Å². The third-order valence-corrected chi connectivity index (χ3v) is 5.90. The first kappa shape index (κ1) is 20.3. The number of fused-ring (bicyclic) bond motifs is 2. The summed E-state index contributed by atoms with van der Waals surface area (Å²) in [5, 5.41) is 12.5. The van der Waals surface area contributed by atoms with E-state index in [1.54, 1.807) is 25.4 Å². The Kier molecular flexibility index (Phi) is 4.94. The van der Waals surface area contributed by atoms with Gasteiger partial charge in [0.25, 0.3) is 0 Å². The first-order valence-corrected chi connectivity index (χ1v) is 10.7. The maximum Gasteiger partial charge on any atom is 0.196 e. The molecule has 0 aliphatic carbocycles. The fourth-order valence-electron chi connectivity index (χ4n) is 4.03. The van der Waals surface area contributed by atoms with Crippen molar-refractivity contribution in [1.29, 1.82) is 0 Å². The van der Waals surface area contributed by atoms with Gasteiger partial charge in [-0.3, -0.25) is 9.89 Å². The van der Waals surface area contributed by atoms with E-state index in [9.17, 15) is 4.79 Å². The van der Waals surface area contributed by atoms with Crippen molar-refractivity contribution in [3.05, 3.63) is 86.9 Å². The Hall–Kier alpha value is -3.64. The van der Waals surface area contributed by atoms with Crippen LogP contribution in [0.4, 0.5) is 5.69 Å². The molecule has 0 aliphatic heterocycles. The number of halogens is 1. The molecule has 0 aliphatic rings. The van der Waals surface area contributed by atoms with Crippen LogP contribution < -0.4 is 10.7 Å². The molecule has 3 aromatic heterocycles. The zero-order valence-corrected chi connectivity index (χ0v) is 18.6. The van der Waals surface area contributed by atoms with Gasteiger partial charge in [0, 0.05) is 22.1 Å². The number of nitrogens with one attached hydrogen (secondary N) is 2. The molecule has 2 aromatic carbocycles. The number of aryl methyl sites for hydroxylation is 1. The summed E-state index contributed by atoms with van der Waals surface area (Å²) in [6.45, 7) is 5.81. The second kappa shape index (κ2) is 7.80. The van der Waals surface area contributed by atoms with E-state index in [0.717, 1.165) is 33.3 Å². The van der Waals surface area contributed by atoms with Crippen LogP contribution >= 0.6 is 11.6 Å². The quantitative estimate of drug-likeness (QED) is 0.323. The number of pyridine rings is 1. The number of hydrogen-bond donors (Lipinski definition) is 2. The van der Waals surface area contributed by atoms with Crippen molar-refractivity contribution >= 4 is 39.2 Å². The summed E-state index contributed by atoms with van der Waals surface area (Å²) >= 11 is 5.91. The molecule has 0 amide bonds. The Morgan fingerprint density at radius 1 is 1.09 bits per heavy atom. The molecule has 0 radical (unpaired) electrons. The lowest BCUT2D eigenvalue weighted by atomic mass is 9.98. The minimum atomic E-state index is -0.130. The number of aromatic amines is 1. The van der Waals surface area contributed by atoms with Gasteiger partial charge < -0.3 is 9.73 Å². The van der Waals surface area contributed by atoms with E-state index in [-0.39, 0.29) is 11.5 Å². The molecule has 0 fully saturated rings. The first-order valence-electron chi connectivity index (χ1n) is 10.3. The van der Waals surface area contributed by atoms with E-state index in [1.807, 2.05) is 50.2 Å². The number of benzene rings is 2. The van der Waals surface area contributed by atoms with Crippen LogP contribution in [0.2, 0.25) is 5.15 Å². The highest BCUT2D eigenvalue weighted by atomic mass is 35.5. The number of hydrogen-bond acceptors (Lipinski definition) is 5. The summed E-state index contributed by atoms with van der Waals surface area (Å²) in [5.74, 6) is 0.560. The Labute approximate surface area is 189 Å². The van der Waals surface area contributed by atoms with E-state index in [0.29, 0.717) is 27.4 Å². The van der Waals surface area contributed by atoms with Crippen LogP contribution in [-0.4, -0.2) is 15.2 Å². The number of aromatic nitrogens is 3. The smallest absolute Gasteiger partial charge is 0.196 e. The van der Waals surface area contributed by atoms with Gasteiger partial charge in [0.2, 0.25) is 0 Å². The lowest BCUT2D eigenvalue weighted by molar-refractivity contribution is 0.605. The minimum absolute atomic E-state index is 0.0312. The molecule has 32 heavy (non-hydrogen) atoms. The van der Waals surface area contributed by atoms with Crippen molar-refractivity contribution in [2.45, 2.75) is 26.8 Å². The SMILES string of the molecule is Cc1cc([C@@H](C)Nc2ccc(Cl)nc2)c2oc(-c3ccc4cn[nH]c4c3)c(C)c(=O)c2c1. The summed E-state index contributed by atoms with van der Waals surface area (Å²) in [6.07, 6.45) is 3.45. The van der Waals surface area contributed by atoms with Gasteiger partial charge in [-0.15, -0.1) is 0 Å². The summed E-state index contributed by atoms with van der Waals surface area (Å²) in [6, 6.07) is 13.3. The van der Waals surface area contributed by atoms with Gasteiger partial charge in [-0.2, -0.15) is 5.10 Å². The molecule has 2 N–H and O–H groups in total. The average molecular weight is 445 g/mol. The van der Waals surface area contributed by atoms with Crippen LogP contribution in [0.5, 0.6) is 0 Å². The molecule has 3 heterocycles. The normalized spacial score (nSPS) is 12.4. The second-order valence-corrected chi connectivity index (χ2v) is 8.41. The predicted molar refractivity (Wildman–Crippen MR) is 128 cm³/mol. The molecule has 0 unspecified atom stereocenters. The zero-order chi connectivity index (χ0) is 22.4. The lowest BCUT2D eigenvalue weighted by Gasteiger charge is -2.18. The van der Waals surface area contributed by atoms with Gasteiger partial charge >= 0.3 is 0 Å². The third kappa shape index (κ3) is 3.52. The Bertz CT molecular complexity index is 1520. The monoisotopic (exact) mass is 444 g/mol. The minimum Gasteiger partial charge on any atom is -0.455 e. The zero-order valence-electron chi connectivity index (χ0n) is 17.9. The Morgan fingerprint density at radius 2 is 1.94 bits per heavy atom. The summed E-state index contributed by atoms with van der Waals surface area (Å²) in [5.41, 5.74) is 5.56. The topological polar surface area (TPSA) is 83.8 Å². The second-order valence-electron chi connectivity index (χ2n) is 8.02. The Balaban J connectivity index is 1.67. The molecular weight excluding hydrogens is 424 g/mol. The van der Waals surface area contributed by atoms with E-state index in [4.69, 9.17) is 16.0 Å². The van der Waals surface area contributed by atoms with Crippen LogP contribution in [-0.2, 0) is 0 Å². The van der Waals surface area contributed by atoms with Crippen molar-refractivity contribution in [2.75, 3.05) is 5.32 Å². The summed E-state index contributed by atoms with van der Waals surface area (Å²) in [4.78, 5) is 17.5. The van der Waals surface area contributed by atoms with Gasteiger partial charge in [-0.05, 0) is 50.6 Å². The highest BCUT2D eigenvalue weighted by molar-refractivity contribution is 6.29. The average Bonchev–Trinajstić information content (AvgIpc) is 3.25. The van der Waals surface area contributed by atoms with Crippen LogP contribution in [0.25, 0.3) is 33.2 Å². The molecular formula is C25H21ClN4O2. The highest BCUT2D eigenvalue weighted by Gasteiger charge is 2.19. The van der Waals surface area contributed by atoms with Gasteiger partial charge in [-0.1, -0.05) is 29.8 Å². The molecule has 0 bridgehead atoms. The van der Waals surface area contributed by atoms with Gasteiger partial charge in [0.15, 0.2) is 5.43 Å². The molecule has 0 saturated heterocycles. The van der Waals surface area contributed by atoms with Crippen LogP contribution in [0.15, 0.2) is 64.1 Å². The predicted octanol–water partition coefficient (Wildman–Crippen LogP) is 6.17. The molecule has 7 heteroatoms. The lowest BCUT2D eigenvalue weighted by Crippen LogP contribution is -2.12. The van der Waals surface area contributed by atoms with E-state index in [1.165, 1.54) is 0 Å². The van der Waals surface area contributed by atoms with Crippen molar-refractivity contribution in [1.82, 2.24) is 15.2 Å². The van der Waals surface area contributed by atoms with Crippen molar-refractivity contribution in [2.24, 2.45) is 0 Å². The molecule has 6 nitrogen and oxygen atoms in total. The molecule has 160 valence electrons. The number of anilines is 1. The fourth-order valence-corrected chi connectivity index (χ4v) is 4.14. The maximum atomic E-state index is 13.3. The van der Waals surface area contributed by atoms with Crippen LogP contribution in [0, 0.1) is 13.8 Å². The number of H-pyrrole nitrogens is 1. The number of nitrogens with zero attached hydrogens (tertiary/aromatic N) is 2. The van der Waals surface area contributed by atoms with Gasteiger partial charge in [0.05, 0.1) is 35.0 Å². The van der Waals surface area contributed by atoms with E-state index >= 15 is 0 Å². The van der Waals surface area contributed by atoms with Crippen LogP contribution in [0.3, 0.4) is 0 Å². The number of rotatable bonds is 4. The molecule has 1 atom stereocenters. The summed E-state index contributed by atoms with van der Waals surface area (Å²) in [7, 11) is 0. The molecule has 0 spiro atoms. The van der Waals surface area contributed by atoms with Gasteiger partial charge in [0.1, 0.15) is 16.5 Å². The largest absolute Gasteiger partial charge is 0.455 e.